The second-order valence-corrected chi connectivity index (χ2v) is 6.32. The molecule has 29 heavy (non-hydrogen) atoms. The summed E-state index contributed by atoms with van der Waals surface area (Å²) < 4.78 is 82.1. The molecule has 1 N–H and O–H groups in total. The van der Waals surface area contributed by atoms with Crippen LogP contribution in [0.25, 0.3) is 0 Å². The zero-order chi connectivity index (χ0) is 21.7. The maximum Gasteiger partial charge on any atom is 0.422 e. The normalized spacial score (nSPS) is 15.7. The quantitative estimate of drug-likeness (QED) is 0.721. The van der Waals surface area contributed by atoms with Crippen LogP contribution in [-0.4, -0.2) is 55.6 Å². The highest BCUT2D eigenvalue weighted by Crippen LogP contribution is 2.28. The molecule has 0 saturated carbocycles. The molecule has 1 aromatic rings. The second-order valence-electron chi connectivity index (χ2n) is 6.32. The summed E-state index contributed by atoms with van der Waals surface area (Å²) in [5.74, 6) is -1.21. The van der Waals surface area contributed by atoms with Gasteiger partial charge in [-0.1, -0.05) is 12.1 Å². The number of piperidine rings is 1. The average Bonchev–Trinajstić information content (AvgIpc) is 2.64. The van der Waals surface area contributed by atoms with Crippen LogP contribution in [0.4, 0.5) is 36.8 Å². The highest BCUT2D eigenvalue weighted by Gasteiger charge is 2.33. The summed E-state index contributed by atoms with van der Waals surface area (Å²) in [6, 6.07) is 5.62. The van der Waals surface area contributed by atoms with E-state index in [9.17, 15) is 35.9 Å². The first-order chi connectivity index (χ1) is 13.4. The van der Waals surface area contributed by atoms with Crippen molar-refractivity contribution in [2.45, 2.75) is 25.2 Å². The Labute approximate surface area is 161 Å². The van der Waals surface area contributed by atoms with Crippen molar-refractivity contribution < 1.29 is 45.4 Å². The highest BCUT2D eigenvalue weighted by molar-refractivity contribution is 5.94. The van der Waals surface area contributed by atoms with Crippen LogP contribution in [0.15, 0.2) is 24.3 Å². The maximum absolute atomic E-state index is 12.4. The van der Waals surface area contributed by atoms with Crippen LogP contribution in [0.1, 0.15) is 12.8 Å². The summed E-state index contributed by atoms with van der Waals surface area (Å²) in [7, 11) is 0. The number of benzene rings is 1. The van der Waals surface area contributed by atoms with Gasteiger partial charge in [0.1, 0.15) is 5.75 Å². The second kappa shape index (κ2) is 9.23. The molecular weight excluding hydrogens is 410 g/mol. The van der Waals surface area contributed by atoms with Crippen LogP contribution in [0.5, 0.6) is 5.75 Å². The highest BCUT2D eigenvalue weighted by atomic mass is 19.4. The van der Waals surface area contributed by atoms with Gasteiger partial charge >= 0.3 is 18.4 Å². The molecule has 12 heteroatoms. The molecule has 162 valence electrons. The van der Waals surface area contributed by atoms with Crippen molar-refractivity contribution in [3.8, 4) is 5.75 Å². The molecule has 1 aliphatic heterocycles. The van der Waals surface area contributed by atoms with Gasteiger partial charge in [-0.25, -0.2) is 4.79 Å². The SMILES string of the molecule is O=C(Nc1ccccc1OCC(F)(F)F)C1CCN(C(=O)OCC(F)(F)F)CC1. The van der Waals surface area contributed by atoms with Crippen molar-refractivity contribution >= 4 is 17.7 Å². The third kappa shape index (κ3) is 7.70. The van der Waals surface area contributed by atoms with Gasteiger partial charge in [0.25, 0.3) is 0 Å². The minimum atomic E-state index is -4.63. The van der Waals surface area contributed by atoms with Crippen molar-refractivity contribution in [3.05, 3.63) is 24.3 Å². The van der Waals surface area contributed by atoms with Crippen LogP contribution < -0.4 is 10.1 Å². The number of carbonyl (C=O) groups excluding carboxylic acids is 2. The number of halogens is 6. The summed E-state index contributed by atoms with van der Waals surface area (Å²) in [4.78, 5) is 25.1. The average molecular weight is 428 g/mol. The van der Waals surface area contributed by atoms with E-state index >= 15 is 0 Å². The topological polar surface area (TPSA) is 67.9 Å². The van der Waals surface area contributed by atoms with E-state index in [1.165, 1.54) is 24.3 Å². The number of carbonyl (C=O) groups is 2. The first-order valence-electron chi connectivity index (χ1n) is 8.52. The Balaban J connectivity index is 1.87. The molecule has 0 atom stereocenters. The van der Waals surface area contributed by atoms with Gasteiger partial charge in [-0.2, -0.15) is 26.3 Å². The number of likely N-dealkylation sites (tertiary alicyclic amines) is 1. The molecule has 2 rings (SSSR count). The fourth-order valence-electron chi connectivity index (χ4n) is 2.65. The van der Waals surface area contributed by atoms with Crippen LogP contribution in [-0.2, 0) is 9.53 Å². The Kier molecular flexibility index (Phi) is 7.20. The van der Waals surface area contributed by atoms with E-state index in [-0.39, 0.29) is 37.4 Å². The lowest BCUT2D eigenvalue weighted by Crippen LogP contribution is -2.42. The van der Waals surface area contributed by atoms with Crippen LogP contribution in [0, 0.1) is 5.92 Å². The lowest BCUT2D eigenvalue weighted by atomic mass is 9.96. The molecule has 6 nitrogen and oxygen atoms in total. The molecule has 1 fully saturated rings. The third-order valence-electron chi connectivity index (χ3n) is 4.02. The molecule has 1 aliphatic rings. The number of alkyl halides is 6. The molecule has 2 amide bonds. The fraction of sp³-hybridized carbons (Fsp3) is 0.529. The Morgan fingerprint density at radius 3 is 2.17 bits per heavy atom. The monoisotopic (exact) mass is 428 g/mol. The predicted octanol–water partition coefficient (Wildman–Crippen LogP) is 3.98. The smallest absolute Gasteiger partial charge is 0.422 e. The van der Waals surface area contributed by atoms with Gasteiger partial charge in [0.2, 0.25) is 5.91 Å². The summed E-state index contributed by atoms with van der Waals surface area (Å²) >= 11 is 0. The molecule has 0 bridgehead atoms. The van der Waals surface area contributed by atoms with E-state index in [2.05, 4.69) is 10.1 Å². The molecule has 1 heterocycles. The van der Waals surface area contributed by atoms with Crippen molar-refractivity contribution in [1.82, 2.24) is 4.90 Å². The molecule has 0 radical (unpaired) electrons. The van der Waals surface area contributed by atoms with E-state index < -0.39 is 43.5 Å². The lowest BCUT2D eigenvalue weighted by Gasteiger charge is -2.30. The summed E-state index contributed by atoms with van der Waals surface area (Å²) in [6.45, 7) is -3.18. The fourth-order valence-corrected chi connectivity index (χ4v) is 2.65. The number of hydrogen-bond acceptors (Lipinski definition) is 4. The summed E-state index contributed by atoms with van der Waals surface area (Å²) in [6.07, 6.45) is -9.95. The minimum Gasteiger partial charge on any atom is -0.482 e. The van der Waals surface area contributed by atoms with E-state index in [1.807, 2.05) is 0 Å². The van der Waals surface area contributed by atoms with Gasteiger partial charge < -0.3 is 19.7 Å². The van der Waals surface area contributed by atoms with Gasteiger partial charge in [0.05, 0.1) is 5.69 Å². The number of ether oxygens (including phenoxy) is 2. The van der Waals surface area contributed by atoms with Gasteiger partial charge in [0.15, 0.2) is 13.2 Å². The van der Waals surface area contributed by atoms with Gasteiger partial charge in [0, 0.05) is 19.0 Å². The lowest BCUT2D eigenvalue weighted by molar-refractivity contribution is -0.162. The Bertz CT molecular complexity index is 715. The predicted molar refractivity (Wildman–Crippen MR) is 88.3 cm³/mol. The van der Waals surface area contributed by atoms with E-state index in [0.29, 0.717) is 0 Å². The van der Waals surface area contributed by atoms with Crippen molar-refractivity contribution in [2.75, 3.05) is 31.6 Å². The van der Waals surface area contributed by atoms with Gasteiger partial charge in [-0.05, 0) is 25.0 Å². The molecule has 1 saturated heterocycles. The molecule has 0 aromatic heterocycles. The number of amides is 2. The molecular formula is C17H18F6N2O4. The first-order valence-corrected chi connectivity index (χ1v) is 8.52. The molecule has 0 spiro atoms. The first kappa shape index (κ1) is 22.6. The van der Waals surface area contributed by atoms with Crippen molar-refractivity contribution in [3.63, 3.8) is 0 Å². The maximum atomic E-state index is 12.4. The van der Waals surface area contributed by atoms with Crippen molar-refractivity contribution in [2.24, 2.45) is 5.92 Å². The summed E-state index contributed by atoms with van der Waals surface area (Å²) in [5.41, 5.74) is 0.0637. The number of hydrogen-bond donors (Lipinski definition) is 1. The van der Waals surface area contributed by atoms with Crippen LogP contribution >= 0.6 is 0 Å². The Hall–Kier alpha value is -2.66. The summed E-state index contributed by atoms with van der Waals surface area (Å²) in [5, 5.41) is 2.49. The molecule has 0 aliphatic carbocycles. The van der Waals surface area contributed by atoms with Gasteiger partial charge in [-0.15, -0.1) is 0 Å². The number of anilines is 1. The van der Waals surface area contributed by atoms with E-state index in [4.69, 9.17) is 4.74 Å². The number of nitrogens with one attached hydrogen (secondary N) is 1. The molecule has 1 aromatic carbocycles. The third-order valence-corrected chi connectivity index (χ3v) is 4.02. The van der Waals surface area contributed by atoms with E-state index in [1.54, 1.807) is 0 Å². The largest absolute Gasteiger partial charge is 0.482 e. The number of rotatable bonds is 5. The number of nitrogens with zero attached hydrogens (tertiary/aromatic N) is 1. The Morgan fingerprint density at radius 1 is 1.00 bits per heavy atom. The zero-order valence-electron chi connectivity index (χ0n) is 15.0. The molecule has 0 unspecified atom stereocenters. The van der Waals surface area contributed by atoms with E-state index in [0.717, 1.165) is 4.90 Å². The van der Waals surface area contributed by atoms with Crippen LogP contribution in [0.2, 0.25) is 0 Å². The van der Waals surface area contributed by atoms with Crippen LogP contribution in [0.3, 0.4) is 0 Å². The standard InChI is InChI=1S/C17H18F6N2O4/c18-16(19,20)9-28-13-4-2-1-3-12(13)24-14(26)11-5-7-25(8-6-11)15(27)29-10-17(21,22)23/h1-4,11H,5-10H2,(H,24,26). The minimum absolute atomic E-state index is 0.0149. The van der Waals surface area contributed by atoms with Gasteiger partial charge in [-0.3, -0.25) is 4.79 Å². The Morgan fingerprint density at radius 2 is 1.59 bits per heavy atom. The zero-order valence-corrected chi connectivity index (χ0v) is 15.0. The number of para-hydroxylation sites is 2. The van der Waals surface area contributed by atoms with Crippen molar-refractivity contribution in [1.29, 1.82) is 0 Å².